The van der Waals surface area contributed by atoms with Gasteiger partial charge in [-0.3, -0.25) is 0 Å². The van der Waals surface area contributed by atoms with Crippen molar-refractivity contribution in [1.29, 1.82) is 0 Å². The summed E-state index contributed by atoms with van der Waals surface area (Å²) in [5, 5.41) is 4.15. The van der Waals surface area contributed by atoms with Crippen molar-refractivity contribution in [2.24, 2.45) is 0 Å². The molecular formula is C16H20ClN3O. The molecule has 0 unspecified atom stereocenters. The van der Waals surface area contributed by atoms with Crippen LogP contribution in [0, 0.1) is 0 Å². The van der Waals surface area contributed by atoms with Gasteiger partial charge in [0.2, 0.25) is 0 Å². The number of aromatic nitrogens is 2. The second kappa shape index (κ2) is 6.50. The minimum atomic E-state index is 0.432. The summed E-state index contributed by atoms with van der Waals surface area (Å²) in [4.78, 5) is 4.32. The van der Waals surface area contributed by atoms with Crippen molar-refractivity contribution in [3.63, 3.8) is 0 Å². The molecule has 2 aromatic rings. The van der Waals surface area contributed by atoms with E-state index >= 15 is 0 Å². The van der Waals surface area contributed by atoms with E-state index < -0.39 is 0 Å². The van der Waals surface area contributed by atoms with Crippen LogP contribution in [0.2, 0.25) is 5.02 Å². The molecule has 0 radical (unpaired) electrons. The van der Waals surface area contributed by atoms with E-state index in [9.17, 15) is 0 Å². The van der Waals surface area contributed by atoms with Crippen molar-refractivity contribution in [2.75, 3.05) is 0 Å². The lowest BCUT2D eigenvalue weighted by Crippen LogP contribution is -2.16. The molecule has 3 rings (SSSR count). The second-order valence-corrected chi connectivity index (χ2v) is 5.71. The van der Waals surface area contributed by atoms with Crippen LogP contribution in [0.5, 0.6) is 5.75 Å². The van der Waals surface area contributed by atoms with Gasteiger partial charge < -0.3 is 14.6 Å². The minimum Gasteiger partial charge on any atom is -0.484 e. The normalized spacial score (nSPS) is 14.4. The zero-order valence-electron chi connectivity index (χ0n) is 12.2. The van der Waals surface area contributed by atoms with Crippen molar-refractivity contribution in [1.82, 2.24) is 14.9 Å². The highest BCUT2D eigenvalue weighted by Gasteiger charge is 2.21. The summed E-state index contributed by atoms with van der Waals surface area (Å²) in [7, 11) is 0. The molecule has 0 saturated heterocycles. The maximum atomic E-state index is 6.29. The van der Waals surface area contributed by atoms with Crippen molar-refractivity contribution >= 4 is 11.6 Å². The molecule has 1 aliphatic carbocycles. The van der Waals surface area contributed by atoms with Crippen LogP contribution in [-0.2, 0) is 19.7 Å². The van der Waals surface area contributed by atoms with E-state index in [1.807, 2.05) is 18.3 Å². The first-order valence-corrected chi connectivity index (χ1v) is 7.79. The number of para-hydroxylation sites is 1. The summed E-state index contributed by atoms with van der Waals surface area (Å²) in [6, 6.07) is 6.55. The van der Waals surface area contributed by atoms with Crippen molar-refractivity contribution in [2.45, 2.75) is 45.5 Å². The van der Waals surface area contributed by atoms with E-state index in [0.29, 0.717) is 17.7 Å². The number of nitrogens with one attached hydrogen (secondary N) is 1. The molecule has 1 fully saturated rings. The Labute approximate surface area is 130 Å². The van der Waals surface area contributed by atoms with Crippen LogP contribution >= 0.6 is 11.6 Å². The lowest BCUT2D eigenvalue weighted by molar-refractivity contribution is 0.286. The molecule has 1 aromatic carbocycles. The van der Waals surface area contributed by atoms with Crippen LogP contribution in [-0.4, -0.2) is 15.6 Å². The van der Waals surface area contributed by atoms with Crippen molar-refractivity contribution in [3.05, 3.63) is 47.0 Å². The number of aryl methyl sites for hydroxylation is 1. The van der Waals surface area contributed by atoms with Crippen molar-refractivity contribution in [3.8, 4) is 5.75 Å². The summed E-state index contributed by atoms with van der Waals surface area (Å²) in [6.45, 7) is 4.20. The van der Waals surface area contributed by atoms with Gasteiger partial charge in [-0.25, -0.2) is 4.98 Å². The smallest absolute Gasteiger partial charge is 0.146 e. The Bertz CT molecular complexity index is 607. The summed E-state index contributed by atoms with van der Waals surface area (Å²) >= 11 is 6.29. The first-order chi connectivity index (χ1) is 10.3. The van der Waals surface area contributed by atoms with Crippen LogP contribution < -0.4 is 10.1 Å². The van der Waals surface area contributed by atoms with Gasteiger partial charge in [0.15, 0.2) is 0 Å². The third-order valence-electron chi connectivity index (χ3n) is 3.70. The topological polar surface area (TPSA) is 39.1 Å². The molecule has 0 spiro atoms. The highest BCUT2D eigenvalue weighted by Crippen LogP contribution is 2.30. The number of imidazole rings is 1. The number of halogens is 1. The van der Waals surface area contributed by atoms with Gasteiger partial charge in [-0.2, -0.15) is 0 Å². The predicted octanol–water partition coefficient (Wildman–Crippen LogP) is 3.39. The van der Waals surface area contributed by atoms with E-state index in [2.05, 4.69) is 27.9 Å². The van der Waals surface area contributed by atoms with Crippen LogP contribution in [0.1, 0.15) is 31.2 Å². The fraction of sp³-hybridized carbons (Fsp3) is 0.438. The number of rotatable bonds is 7. The third-order valence-corrected chi connectivity index (χ3v) is 3.99. The highest BCUT2D eigenvalue weighted by molar-refractivity contribution is 6.32. The molecule has 4 nitrogen and oxygen atoms in total. The van der Waals surface area contributed by atoms with Gasteiger partial charge in [-0.15, -0.1) is 0 Å². The average Bonchev–Trinajstić information content (AvgIpc) is 3.21. The molecule has 112 valence electrons. The van der Waals surface area contributed by atoms with Gasteiger partial charge in [0.25, 0.3) is 0 Å². The Morgan fingerprint density at radius 3 is 3.05 bits per heavy atom. The number of nitrogens with zero attached hydrogens (tertiary/aromatic N) is 2. The third kappa shape index (κ3) is 3.57. The van der Waals surface area contributed by atoms with Gasteiger partial charge in [0.05, 0.1) is 5.02 Å². The molecule has 0 bridgehead atoms. The van der Waals surface area contributed by atoms with Crippen LogP contribution in [0.4, 0.5) is 0 Å². The van der Waals surface area contributed by atoms with Gasteiger partial charge in [-0.1, -0.05) is 23.7 Å². The molecular weight excluding hydrogens is 286 g/mol. The molecule has 21 heavy (non-hydrogen) atoms. The van der Waals surface area contributed by atoms with E-state index in [4.69, 9.17) is 16.3 Å². The summed E-state index contributed by atoms with van der Waals surface area (Å²) in [6.07, 6.45) is 6.29. The van der Waals surface area contributed by atoms with Crippen LogP contribution in [0.15, 0.2) is 30.6 Å². The largest absolute Gasteiger partial charge is 0.484 e. The molecule has 1 aliphatic rings. The van der Waals surface area contributed by atoms with E-state index in [-0.39, 0.29) is 0 Å². The number of hydrogen-bond acceptors (Lipinski definition) is 3. The molecule has 0 aliphatic heterocycles. The van der Waals surface area contributed by atoms with Crippen LogP contribution in [0.25, 0.3) is 0 Å². The van der Waals surface area contributed by atoms with E-state index in [1.165, 1.54) is 12.8 Å². The summed E-state index contributed by atoms with van der Waals surface area (Å²) < 4.78 is 8.02. The highest BCUT2D eigenvalue weighted by atomic mass is 35.5. The first-order valence-electron chi connectivity index (χ1n) is 7.41. The van der Waals surface area contributed by atoms with Gasteiger partial charge in [0, 0.05) is 37.1 Å². The molecule has 1 saturated carbocycles. The fourth-order valence-corrected chi connectivity index (χ4v) is 2.55. The quantitative estimate of drug-likeness (QED) is 0.852. The monoisotopic (exact) mass is 305 g/mol. The first kappa shape index (κ1) is 14.4. The van der Waals surface area contributed by atoms with Gasteiger partial charge in [-0.05, 0) is 25.8 Å². The molecule has 0 atom stereocenters. The zero-order chi connectivity index (χ0) is 14.7. The van der Waals surface area contributed by atoms with Crippen LogP contribution in [0.3, 0.4) is 0 Å². The lowest BCUT2D eigenvalue weighted by atomic mass is 10.2. The predicted molar refractivity (Wildman–Crippen MR) is 83.5 cm³/mol. The second-order valence-electron chi connectivity index (χ2n) is 5.30. The Morgan fingerprint density at radius 1 is 1.43 bits per heavy atom. The maximum absolute atomic E-state index is 6.29. The summed E-state index contributed by atoms with van der Waals surface area (Å²) in [5.74, 6) is 1.68. The van der Waals surface area contributed by atoms with Crippen molar-refractivity contribution < 1.29 is 4.74 Å². The standard InChI is InChI=1S/C16H20ClN3O/c1-2-20-9-8-18-15(20)11-21-16-12(4-3-5-14(16)17)10-19-13-6-7-13/h3-5,8-9,13,19H,2,6-7,10-11H2,1H3. The molecule has 1 N–H and O–H groups in total. The summed E-state index contributed by atoms with van der Waals surface area (Å²) in [5.41, 5.74) is 1.10. The number of ether oxygens (including phenoxy) is 1. The molecule has 5 heteroatoms. The Morgan fingerprint density at radius 2 is 2.29 bits per heavy atom. The lowest BCUT2D eigenvalue weighted by Gasteiger charge is -2.14. The number of hydrogen-bond donors (Lipinski definition) is 1. The SMILES string of the molecule is CCn1ccnc1COc1c(Cl)cccc1CNC1CC1. The minimum absolute atomic E-state index is 0.432. The maximum Gasteiger partial charge on any atom is 0.146 e. The fourth-order valence-electron chi connectivity index (χ4n) is 2.30. The van der Waals surface area contributed by atoms with E-state index in [1.54, 1.807) is 6.20 Å². The molecule has 0 amide bonds. The zero-order valence-corrected chi connectivity index (χ0v) is 12.9. The molecule has 1 aromatic heterocycles. The van der Waals surface area contributed by atoms with Gasteiger partial charge in [0.1, 0.15) is 18.2 Å². The Hall–Kier alpha value is -1.52. The number of benzene rings is 1. The van der Waals surface area contributed by atoms with Gasteiger partial charge >= 0.3 is 0 Å². The van der Waals surface area contributed by atoms with E-state index in [0.717, 1.165) is 30.2 Å². The Kier molecular flexibility index (Phi) is 4.46. The average molecular weight is 306 g/mol. The molecule has 1 heterocycles. The Balaban J connectivity index is 1.70.